The highest BCUT2D eigenvalue weighted by molar-refractivity contribution is 5.73. The number of aromatic nitrogens is 5. The number of nitrogens with zero attached hydrogens (tertiary/aromatic N) is 4. The van der Waals surface area contributed by atoms with Gasteiger partial charge in [-0.05, 0) is 11.6 Å². The predicted octanol–water partition coefficient (Wildman–Crippen LogP) is 3.10. The minimum atomic E-state index is -5.08. The van der Waals surface area contributed by atoms with E-state index in [-0.39, 0.29) is 11.6 Å². The first-order valence-electron chi connectivity index (χ1n) is 7.11. The Balaban J connectivity index is 0.000000345. The predicted molar refractivity (Wildman–Crippen MR) is 77.6 cm³/mol. The number of nitrogens with one attached hydrogen (secondary N) is 1. The van der Waals surface area contributed by atoms with Crippen molar-refractivity contribution in [2.75, 3.05) is 0 Å². The summed E-state index contributed by atoms with van der Waals surface area (Å²) in [5.74, 6) is -2.48. The second kappa shape index (κ2) is 8.06. The maximum absolute atomic E-state index is 12.5. The number of hydrogen-bond donors (Lipinski definition) is 2. The molecule has 0 fully saturated rings. The van der Waals surface area contributed by atoms with Crippen LogP contribution in [0.3, 0.4) is 0 Å². The summed E-state index contributed by atoms with van der Waals surface area (Å²) in [6.07, 6.45) is -5.93. The molecule has 0 saturated heterocycles. The number of aromatic amines is 1. The van der Waals surface area contributed by atoms with E-state index in [4.69, 9.17) is 14.4 Å². The highest BCUT2D eigenvalue weighted by atomic mass is 19.4. The van der Waals surface area contributed by atoms with Gasteiger partial charge in [0, 0.05) is 24.9 Å². The molecule has 0 unspecified atom stereocenters. The number of rotatable bonds is 3. The van der Waals surface area contributed by atoms with Gasteiger partial charge in [0.2, 0.25) is 0 Å². The third-order valence-electron chi connectivity index (χ3n) is 2.90. The average molecular weight is 409 g/mol. The van der Waals surface area contributed by atoms with E-state index in [0.717, 1.165) is 11.6 Å². The van der Waals surface area contributed by atoms with E-state index in [9.17, 15) is 26.3 Å². The third kappa shape index (κ3) is 5.78. The normalized spacial score (nSPS) is 11.6. The molecule has 0 aliphatic rings. The molecule has 0 atom stereocenters. The number of carboxylic acid groups (broad SMARTS) is 1. The van der Waals surface area contributed by atoms with Gasteiger partial charge in [0.25, 0.3) is 5.89 Å². The molecule has 0 aliphatic heterocycles. The van der Waals surface area contributed by atoms with E-state index in [2.05, 4.69) is 20.2 Å². The monoisotopic (exact) mass is 409 g/mol. The van der Waals surface area contributed by atoms with Crippen molar-refractivity contribution in [1.29, 1.82) is 0 Å². The van der Waals surface area contributed by atoms with Crippen molar-refractivity contribution >= 4 is 5.97 Å². The van der Waals surface area contributed by atoms with Crippen LogP contribution in [0.2, 0.25) is 0 Å². The fourth-order valence-electron chi connectivity index (χ4n) is 1.69. The van der Waals surface area contributed by atoms with Crippen LogP contribution < -0.4 is 0 Å². The van der Waals surface area contributed by atoms with E-state index < -0.39 is 24.0 Å². The molecule has 0 aromatic carbocycles. The molecule has 3 rings (SSSR count). The van der Waals surface area contributed by atoms with Crippen molar-refractivity contribution in [3.05, 3.63) is 47.7 Å². The lowest BCUT2D eigenvalue weighted by Gasteiger charge is -1.99. The second-order valence-electron chi connectivity index (χ2n) is 5.02. The van der Waals surface area contributed by atoms with Crippen molar-refractivity contribution in [3.63, 3.8) is 0 Å². The molecule has 3 aromatic heterocycles. The zero-order valence-corrected chi connectivity index (χ0v) is 13.4. The third-order valence-corrected chi connectivity index (χ3v) is 2.90. The Labute approximate surface area is 151 Å². The van der Waals surface area contributed by atoms with Crippen molar-refractivity contribution in [3.8, 4) is 11.6 Å². The van der Waals surface area contributed by atoms with Crippen LogP contribution in [-0.4, -0.2) is 42.6 Å². The van der Waals surface area contributed by atoms with Gasteiger partial charge in [-0.1, -0.05) is 11.2 Å². The van der Waals surface area contributed by atoms with Crippen LogP contribution >= 0.6 is 0 Å². The quantitative estimate of drug-likeness (QED) is 0.639. The topological polar surface area (TPSA) is 118 Å². The summed E-state index contributed by atoms with van der Waals surface area (Å²) in [6.45, 7) is 0. The maximum atomic E-state index is 12.5. The number of carboxylic acids is 1. The van der Waals surface area contributed by atoms with Crippen LogP contribution in [0.1, 0.15) is 17.1 Å². The molecule has 0 saturated carbocycles. The van der Waals surface area contributed by atoms with Gasteiger partial charge in [0.05, 0.1) is 0 Å². The van der Waals surface area contributed by atoms with Crippen LogP contribution in [0.4, 0.5) is 26.3 Å². The summed E-state index contributed by atoms with van der Waals surface area (Å²) >= 11 is 0. The minimum absolute atomic E-state index is 0.0488. The van der Waals surface area contributed by atoms with Gasteiger partial charge in [0.1, 0.15) is 5.69 Å². The Hall–Kier alpha value is -3.45. The summed E-state index contributed by atoms with van der Waals surface area (Å²) in [7, 11) is 0. The molecule has 14 heteroatoms. The van der Waals surface area contributed by atoms with Crippen molar-refractivity contribution in [2.45, 2.75) is 18.8 Å². The molecule has 0 amide bonds. The van der Waals surface area contributed by atoms with Crippen LogP contribution in [0.15, 0.2) is 35.1 Å². The molecule has 28 heavy (non-hydrogen) atoms. The molecule has 3 heterocycles. The molecule has 8 nitrogen and oxygen atoms in total. The molecule has 0 aliphatic carbocycles. The van der Waals surface area contributed by atoms with E-state index in [1.54, 1.807) is 18.5 Å². The summed E-state index contributed by atoms with van der Waals surface area (Å²) in [6, 6.07) is 4.42. The maximum Gasteiger partial charge on any atom is 0.490 e. The van der Waals surface area contributed by atoms with Gasteiger partial charge in [-0.2, -0.15) is 36.4 Å². The van der Waals surface area contributed by atoms with Crippen LogP contribution in [-0.2, 0) is 17.4 Å². The summed E-state index contributed by atoms with van der Waals surface area (Å²) in [4.78, 5) is 16.9. The molecular formula is C14H9F6N5O3. The molecule has 150 valence electrons. The van der Waals surface area contributed by atoms with E-state index in [1.807, 2.05) is 11.2 Å². The first kappa shape index (κ1) is 20.9. The molecular weight excluding hydrogens is 400 g/mol. The Morgan fingerprint density at radius 3 is 2.39 bits per heavy atom. The molecule has 0 spiro atoms. The number of carbonyl (C=O) groups is 1. The minimum Gasteiger partial charge on any atom is -0.475 e. The number of pyridine rings is 1. The van der Waals surface area contributed by atoms with Crippen molar-refractivity contribution < 1.29 is 40.8 Å². The lowest BCUT2D eigenvalue weighted by molar-refractivity contribution is -0.192. The van der Waals surface area contributed by atoms with Crippen molar-refractivity contribution in [2.24, 2.45) is 0 Å². The number of aliphatic carboxylic acids is 1. The molecule has 0 bridgehead atoms. The van der Waals surface area contributed by atoms with Crippen LogP contribution in [0.25, 0.3) is 11.6 Å². The van der Waals surface area contributed by atoms with Gasteiger partial charge in [-0.25, -0.2) is 4.79 Å². The summed E-state index contributed by atoms with van der Waals surface area (Å²) in [5, 5.41) is 16.2. The van der Waals surface area contributed by atoms with E-state index in [1.165, 1.54) is 0 Å². The van der Waals surface area contributed by atoms with E-state index in [0.29, 0.717) is 12.2 Å². The number of H-pyrrole nitrogens is 1. The van der Waals surface area contributed by atoms with Gasteiger partial charge < -0.3 is 9.63 Å². The first-order valence-corrected chi connectivity index (χ1v) is 7.11. The Kier molecular flexibility index (Phi) is 6.00. The summed E-state index contributed by atoms with van der Waals surface area (Å²) < 4.78 is 74.0. The highest BCUT2D eigenvalue weighted by Gasteiger charge is 2.38. The number of halogens is 6. The van der Waals surface area contributed by atoms with E-state index >= 15 is 0 Å². The summed E-state index contributed by atoms with van der Waals surface area (Å²) in [5.41, 5.74) is -0.153. The Bertz CT molecular complexity index is 919. The van der Waals surface area contributed by atoms with Crippen LogP contribution in [0, 0.1) is 0 Å². The van der Waals surface area contributed by atoms with Gasteiger partial charge >= 0.3 is 18.3 Å². The first-order chi connectivity index (χ1) is 13.0. The number of alkyl halides is 6. The molecule has 2 N–H and O–H groups in total. The average Bonchev–Trinajstić information content (AvgIpc) is 3.24. The fourth-order valence-corrected chi connectivity index (χ4v) is 1.69. The highest BCUT2D eigenvalue weighted by Crippen LogP contribution is 2.29. The SMILES string of the molecule is FC(F)(F)c1cc(-c2nc(Cc3cccnc3)no2)n[nH]1.O=C(O)C(F)(F)F. The van der Waals surface area contributed by atoms with Crippen molar-refractivity contribution in [1.82, 2.24) is 25.3 Å². The molecule has 3 aromatic rings. The lowest BCUT2D eigenvalue weighted by Crippen LogP contribution is -2.21. The molecule has 0 radical (unpaired) electrons. The standard InChI is InChI=1S/C12H8F3N5O.C2HF3O2/c13-12(14,15)9-5-8(18-19-9)11-17-10(20-21-11)4-7-2-1-3-16-6-7;3-2(4,5)1(6)7/h1-3,5-6H,4H2,(H,18,19);(H,6,7). The van der Waals surface area contributed by atoms with Gasteiger partial charge in [0.15, 0.2) is 11.5 Å². The van der Waals surface area contributed by atoms with Crippen LogP contribution in [0.5, 0.6) is 0 Å². The fraction of sp³-hybridized carbons (Fsp3) is 0.214. The van der Waals surface area contributed by atoms with Gasteiger partial charge in [-0.15, -0.1) is 0 Å². The largest absolute Gasteiger partial charge is 0.490 e. The lowest BCUT2D eigenvalue weighted by atomic mass is 10.2. The zero-order valence-electron chi connectivity index (χ0n) is 13.4. The second-order valence-corrected chi connectivity index (χ2v) is 5.02. The Morgan fingerprint density at radius 1 is 1.21 bits per heavy atom. The zero-order chi connectivity index (χ0) is 20.9. The smallest absolute Gasteiger partial charge is 0.475 e. The van der Waals surface area contributed by atoms with Gasteiger partial charge in [-0.3, -0.25) is 10.1 Å². The number of hydrogen-bond acceptors (Lipinski definition) is 6. The Morgan fingerprint density at radius 2 is 1.89 bits per heavy atom.